The Balaban J connectivity index is 2.11. The van der Waals surface area contributed by atoms with Crippen LogP contribution in [0.3, 0.4) is 0 Å². The number of carboxylic acid groups (broad SMARTS) is 1. The van der Waals surface area contributed by atoms with Gasteiger partial charge in [-0.15, -0.1) is 0 Å². The lowest BCUT2D eigenvalue weighted by molar-refractivity contribution is -0.136. The Morgan fingerprint density at radius 2 is 1.85 bits per heavy atom. The maximum Gasteiger partial charge on any atom is 0.303 e. The van der Waals surface area contributed by atoms with Gasteiger partial charge in [0.1, 0.15) is 12.4 Å². The minimum absolute atomic E-state index is 0.0118. The van der Waals surface area contributed by atoms with E-state index >= 15 is 0 Å². The second kappa shape index (κ2) is 9.81. The third-order valence-corrected chi connectivity index (χ3v) is 4.61. The van der Waals surface area contributed by atoms with Crippen molar-refractivity contribution in [1.82, 2.24) is 0 Å². The summed E-state index contributed by atoms with van der Waals surface area (Å²) in [5.74, 6) is -0.961. The molecule has 2 aromatic rings. The van der Waals surface area contributed by atoms with Crippen LogP contribution in [0.4, 0.5) is 10.1 Å². The Bertz CT molecular complexity index is 791. The van der Waals surface area contributed by atoms with Crippen LogP contribution in [0.5, 0.6) is 5.75 Å². The van der Waals surface area contributed by atoms with Crippen LogP contribution in [0.2, 0.25) is 10.0 Å². The lowest BCUT2D eigenvalue weighted by Crippen LogP contribution is -2.13. The normalized spacial score (nSPS) is 11.9. The molecular formula is C20H22Cl2FNO3. The fourth-order valence-corrected chi connectivity index (χ4v) is 3.15. The van der Waals surface area contributed by atoms with E-state index in [1.54, 1.807) is 12.1 Å². The SMILES string of the molecule is CCC(C)Nc1cc(F)cc(COc2c(Cl)cc(CCC(=O)O)cc2Cl)c1. The molecule has 0 aliphatic rings. The second-order valence-corrected chi connectivity index (χ2v) is 7.19. The number of hydrogen-bond acceptors (Lipinski definition) is 3. The quantitative estimate of drug-likeness (QED) is 0.533. The molecule has 0 saturated carbocycles. The molecule has 7 heteroatoms. The van der Waals surface area contributed by atoms with Crippen molar-refractivity contribution in [3.8, 4) is 5.75 Å². The summed E-state index contributed by atoms with van der Waals surface area (Å²) >= 11 is 12.4. The van der Waals surface area contributed by atoms with Gasteiger partial charge in [0, 0.05) is 18.2 Å². The fraction of sp³-hybridized carbons (Fsp3) is 0.350. The van der Waals surface area contributed by atoms with Gasteiger partial charge in [-0.25, -0.2) is 4.39 Å². The number of rotatable bonds is 9. The predicted molar refractivity (Wildman–Crippen MR) is 107 cm³/mol. The van der Waals surface area contributed by atoms with Crippen molar-refractivity contribution < 1.29 is 19.0 Å². The molecule has 0 amide bonds. The van der Waals surface area contributed by atoms with Crippen LogP contribution in [-0.2, 0) is 17.8 Å². The van der Waals surface area contributed by atoms with Gasteiger partial charge in [0.2, 0.25) is 0 Å². The summed E-state index contributed by atoms with van der Waals surface area (Å²) in [5, 5.41) is 12.6. The van der Waals surface area contributed by atoms with Gasteiger partial charge < -0.3 is 15.2 Å². The van der Waals surface area contributed by atoms with Gasteiger partial charge in [-0.1, -0.05) is 30.1 Å². The summed E-state index contributed by atoms with van der Waals surface area (Å²) in [7, 11) is 0. The Labute approximate surface area is 168 Å². The number of aliphatic carboxylic acids is 1. The minimum atomic E-state index is -0.893. The van der Waals surface area contributed by atoms with Gasteiger partial charge in [0.15, 0.2) is 5.75 Å². The number of halogens is 3. The van der Waals surface area contributed by atoms with E-state index in [1.165, 1.54) is 12.1 Å². The molecule has 2 aromatic carbocycles. The molecular weight excluding hydrogens is 392 g/mol. The van der Waals surface area contributed by atoms with Crippen molar-refractivity contribution >= 4 is 34.9 Å². The van der Waals surface area contributed by atoms with E-state index < -0.39 is 5.97 Å². The zero-order chi connectivity index (χ0) is 20.0. The molecule has 0 fully saturated rings. The molecule has 1 atom stereocenters. The molecule has 0 aromatic heterocycles. The third-order valence-electron chi connectivity index (χ3n) is 4.05. The monoisotopic (exact) mass is 413 g/mol. The summed E-state index contributed by atoms with van der Waals surface area (Å²) in [6.45, 7) is 4.17. The molecule has 0 aliphatic carbocycles. The van der Waals surface area contributed by atoms with Crippen LogP contribution in [0.25, 0.3) is 0 Å². The largest absolute Gasteiger partial charge is 0.486 e. The van der Waals surface area contributed by atoms with Crippen LogP contribution >= 0.6 is 23.2 Å². The number of benzene rings is 2. The highest BCUT2D eigenvalue weighted by Gasteiger charge is 2.12. The molecule has 0 bridgehead atoms. The van der Waals surface area contributed by atoms with Crippen molar-refractivity contribution in [2.75, 3.05) is 5.32 Å². The number of hydrogen-bond donors (Lipinski definition) is 2. The number of anilines is 1. The van der Waals surface area contributed by atoms with E-state index in [-0.39, 0.29) is 40.7 Å². The van der Waals surface area contributed by atoms with Crippen molar-refractivity contribution in [2.45, 2.75) is 45.8 Å². The summed E-state index contributed by atoms with van der Waals surface area (Å²) in [5.41, 5.74) is 2.04. The molecule has 1 unspecified atom stereocenters. The van der Waals surface area contributed by atoms with Crippen LogP contribution in [0.15, 0.2) is 30.3 Å². The summed E-state index contributed by atoms with van der Waals surface area (Å²) in [6, 6.07) is 8.14. The zero-order valence-corrected chi connectivity index (χ0v) is 16.7. The fourth-order valence-electron chi connectivity index (χ4n) is 2.51. The Kier molecular flexibility index (Phi) is 7.75. The first-order chi connectivity index (χ1) is 12.8. The van der Waals surface area contributed by atoms with Crippen LogP contribution in [0.1, 0.15) is 37.8 Å². The molecule has 146 valence electrons. The van der Waals surface area contributed by atoms with E-state index in [2.05, 4.69) is 5.32 Å². The van der Waals surface area contributed by atoms with E-state index in [0.717, 1.165) is 6.42 Å². The zero-order valence-electron chi connectivity index (χ0n) is 15.2. The van der Waals surface area contributed by atoms with Crippen LogP contribution in [0, 0.1) is 5.82 Å². The van der Waals surface area contributed by atoms with E-state index in [1.807, 2.05) is 19.9 Å². The molecule has 0 saturated heterocycles. The number of aryl methyl sites for hydroxylation is 1. The molecule has 4 nitrogen and oxygen atoms in total. The molecule has 2 rings (SSSR count). The molecule has 0 radical (unpaired) electrons. The van der Waals surface area contributed by atoms with Gasteiger partial charge in [-0.3, -0.25) is 4.79 Å². The van der Waals surface area contributed by atoms with Crippen LogP contribution in [-0.4, -0.2) is 17.1 Å². The van der Waals surface area contributed by atoms with E-state index in [4.69, 9.17) is 33.0 Å². The molecule has 0 aliphatic heterocycles. The predicted octanol–water partition coefficient (Wildman–Crippen LogP) is 5.94. The number of carbonyl (C=O) groups is 1. The third kappa shape index (κ3) is 6.60. The van der Waals surface area contributed by atoms with Gasteiger partial charge in [0.05, 0.1) is 10.0 Å². The maximum atomic E-state index is 13.9. The number of ether oxygens (including phenoxy) is 1. The Morgan fingerprint density at radius 3 is 2.44 bits per heavy atom. The van der Waals surface area contributed by atoms with Gasteiger partial charge in [0.25, 0.3) is 0 Å². The Morgan fingerprint density at radius 1 is 1.19 bits per heavy atom. The van der Waals surface area contributed by atoms with Gasteiger partial charge >= 0.3 is 5.97 Å². The highest BCUT2D eigenvalue weighted by molar-refractivity contribution is 6.37. The average molecular weight is 414 g/mol. The molecule has 27 heavy (non-hydrogen) atoms. The average Bonchev–Trinajstić information content (AvgIpc) is 2.58. The first-order valence-corrected chi connectivity index (χ1v) is 9.42. The summed E-state index contributed by atoms with van der Waals surface area (Å²) in [6.07, 6.45) is 1.23. The first-order valence-electron chi connectivity index (χ1n) is 8.67. The topological polar surface area (TPSA) is 58.6 Å². The summed E-state index contributed by atoms with van der Waals surface area (Å²) in [4.78, 5) is 10.7. The van der Waals surface area contributed by atoms with Crippen molar-refractivity contribution in [1.29, 1.82) is 0 Å². The highest BCUT2D eigenvalue weighted by atomic mass is 35.5. The maximum absolute atomic E-state index is 13.9. The lowest BCUT2D eigenvalue weighted by atomic mass is 10.1. The molecule has 0 spiro atoms. The van der Waals surface area contributed by atoms with Gasteiger partial charge in [-0.05, 0) is 61.2 Å². The highest BCUT2D eigenvalue weighted by Crippen LogP contribution is 2.35. The molecule has 0 heterocycles. The standard InChI is InChI=1S/C20H22Cl2FNO3/c1-3-12(2)24-16-7-14(6-15(23)10-16)11-27-20-17(21)8-13(9-18(20)22)4-5-19(25)26/h6-10,12,24H,3-5,11H2,1-2H3,(H,25,26). The smallest absolute Gasteiger partial charge is 0.303 e. The summed E-state index contributed by atoms with van der Waals surface area (Å²) < 4.78 is 19.6. The van der Waals surface area contributed by atoms with Crippen LogP contribution < -0.4 is 10.1 Å². The lowest BCUT2D eigenvalue weighted by Gasteiger charge is -2.15. The van der Waals surface area contributed by atoms with Crippen molar-refractivity contribution in [3.63, 3.8) is 0 Å². The molecule has 2 N–H and O–H groups in total. The number of nitrogens with one attached hydrogen (secondary N) is 1. The Hall–Kier alpha value is -1.98. The second-order valence-electron chi connectivity index (χ2n) is 6.37. The van der Waals surface area contributed by atoms with Gasteiger partial charge in [-0.2, -0.15) is 0 Å². The minimum Gasteiger partial charge on any atom is -0.486 e. The number of carboxylic acids is 1. The van der Waals surface area contributed by atoms with E-state index in [9.17, 15) is 9.18 Å². The first kappa shape index (κ1) is 21.3. The van der Waals surface area contributed by atoms with E-state index in [0.29, 0.717) is 23.2 Å². The van der Waals surface area contributed by atoms with Crippen molar-refractivity contribution in [2.24, 2.45) is 0 Å². The van der Waals surface area contributed by atoms with Crippen molar-refractivity contribution in [3.05, 3.63) is 57.3 Å².